The average molecular weight is 438 g/mol. The van der Waals surface area contributed by atoms with Gasteiger partial charge in [-0.15, -0.1) is 0 Å². The number of aromatic nitrogens is 1. The summed E-state index contributed by atoms with van der Waals surface area (Å²) in [5.41, 5.74) is 1.82. The van der Waals surface area contributed by atoms with E-state index in [-0.39, 0.29) is 17.0 Å². The Balaban J connectivity index is 1.81. The third-order valence-electron chi connectivity index (χ3n) is 7.54. The Morgan fingerprint density at radius 1 is 1.03 bits per heavy atom. The van der Waals surface area contributed by atoms with Crippen LogP contribution in [0.2, 0.25) is 0 Å². The average Bonchev–Trinajstić information content (AvgIpc) is 3.12. The first-order valence-corrected chi connectivity index (χ1v) is 11.1. The van der Waals surface area contributed by atoms with E-state index in [1.165, 1.54) is 12.1 Å². The third-order valence-corrected chi connectivity index (χ3v) is 7.54. The number of ether oxygens (including phenoxy) is 1. The Kier molecular flexibility index (Phi) is 4.48. The fraction of sp³-hybridized carbons (Fsp3) is 0.423. The molecule has 5 nitrogen and oxygen atoms in total. The minimum absolute atomic E-state index is 0.173. The fourth-order valence-corrected chi connectivity index (χ4v) is 5.54. The van der Waals surface area contributed by atoms with Crippen LogP contribution < -0.4 is 0 Å². The highest BCUT2D eigenvalue weighted by Crippen LogP contribution is 2.57. The molecule has 1 fully saturated rings. The lowest BCUT2D eigenvalue weighted by atomic mass is 9.65. The van der Waals surface area contributed by atoms with E-state index in [1.807, 2.05) is 12.1 Å². The number of halogens is 1. The zero-order valence-electron chi connectivity index (χ0n) is 18.6. The summed E-state index contributed by atoms with van der Waals surface area (Å²) in [5, 5.41) is 21.5. The number of aromatic hydroxyl groups is 1. The van der Waals surface area contributed by atoms with E-state index in [4.69, 9.17) is 4.74 Å². The molecule has 0 bridgehead atoms. The van der Waals surface area contributed by atoms with Crippen molar-refractivity contribution in [3.63, 3.8) is 0 Å². The summed E-state index contributed by atoms with van der Waals surface area (Å²) in [6.07, 6.45) is 2.13. The first kappa shape index (κ1) is 21.0. The summed E-state index contributed by atoms with van der Waals surface area (Å²) in [5.74, 6) is -0.909. The molecule has 2 aliphatic rings. The van der Waals surface area contributed by atoms with Crippen molar-refractivity contribution in [1.29, 1.82) is 0 Å². The van der Waals surface area contributed by atoms with Gasteiger partial charge in [0.2, 0.25) is 0 Å². The number of carbonyl (C=O) groups is 1. The predicted molar refractivity (Wildman–Crippen MR) is 120 cm³/mol. The molecule has 0 unspecified atom stereocenters. The Labute approximate surface area is 186 Å². The number of carboxylic acids is 1. The first-order valence-electron chi connectivity index (χ1n) is 11.1. The Hall–Kier alpha value is -2.86. The second-order valence-corrected chi connectivity index (χ2v) is 10.2. The van der Waals surface area contributed by atoms with Gasteiger partial charge in [0.05, 0.1) is 23.1 Å². The van der Waals surface area contributed by atoms with Crippen LogP contribution in [-0.4, -0.2) is 27.4 Å². The summed E-state index contributed by atoms with van der Waals surface area (Å²) in [6.45, 7) is 6.49. The van der Waals surface area contributed by atoms with E-state index in [1.54, 1.807) is 25.1 Å². The van der Waals surface area contributed by atoms with Crippen LogP contribution in [0.5, 0.6) is 5.75 Å². The summed E-state index contributed by atoms with van der Waals surface area (Å²) < 4.78 is 22.4. The number of hydrogen-bond acceptors (Lipinski definition) is 3. The second-order valence-electron chi connectivity index (χ2n) is 10.2. The van der Waals surface area contributed by atoms with Gasteiger partial charge in [0.1, 0.15) is 11.6 Å². The molecule has 0 saturated heterocycles. The molecule has 5 rings (SSSR count). The van der Waals surface area contributed by atoms with Crippen molar-refractivity contribution >= 4 is 16.9 Å². The van der Waals surface area contributed by atoms with Gasteiger partial charge >= 0.3 is 5.97 Å². The molecular weight excluding hydrogens is 409 g/mol. The van der Waals surface area contributed by atoms with Gasteiger partial charge < -0.3 is 19.5 Å². The van der Waals surface area contributed by atoms with Crippen LogP contribution in [-0.2, 0) is 20.5 Å². The number of benzene rings is 2. The van der Waals surface area contributed by atoms with Gasteiger partial charge in [0, 0.05) is 27.7 Å². The number of phenols is 1. The lowest BCUT2D eigenvalue weighted by Crippen LogP contribution is -2.48. The molecule has 0 radical (unpaired) electrons. The zero-order valence-corrected chi connectivity index (χ0v) is 18.6. The molecule has 1 spiro atoms. The van der Waals surface area contributed by atoms with Crippen LogP contribution in [0, 0.1) is 11.2 Å². The van der Waals surface area contributed by atoms with Gasteiger partial charge in [-0.05, 0) is 69.0 Å². The molecule has 1 aromatic heterocycles. The molecule has 1 saturated carbocycles. The maximum Gasteiger partial charge on any atom is 0.309 e. The molecular formula is C26H28FNO4. The van der Waals surface area contributed by atoms with Crippen LogP contribution in [0.1, 0.15) is 57.7 Å². The molecule has 1 aliphatic carbocycles. The highest BCUT2D eigenvalue weighted by Gasteiger charge is 2.53. The van der Waals surface area contributed by atoms with E-state index in [2.05, 4.69) is 18.4 Å². The molecule has 168 valence electrons. The smallest absolute Gasteiger partial charge is 0.309 e. The van der Waals surface area contributed by atoms with E-state index >= 15 is 0 Å². The normalized spacial score (nSPS) is 26.9. The Bertz CT molecular complexity index is 1220. The fourth-order valence-electron chi connectivity index (χ4n) is 5.54. The van der Waals surface area contributed by atoms with Gasteiger partial charge in [0.15, 0.2) is 0 Å². The summed E-state index contributed by atoms with van der Waals surface area (Å²) in [6, 6.07) is 11.8. The molecule has 2 N–H and O–H groups in total. The highest BCUT2D eigenvalue weighted by atomic mass is 19.1. The molecule has 32 heavy (non-hydrogen) atoms. The zero-order chi connectivity index (χ0) is 22.9. The lowest BCUT2D eigenvalue weighted by molar-refractivity contribution is -0.160. The monoisotopic (exact) mass is 437 g/mol. The van der Waals surface area contributed by atoms with Gasteiger partial charge in [0.25, 0.3) is 0 Å². The molecule has 0 atom stereocenters. The van der Waals surface area contributed by atoms with E-state index in [0.29, 0.717) is 32.3 Å². The molecule has 3 aromatic rings. The van der Waals surface area contributed by atoms with Crippen LogP contribution in [0.15, 0.2) is 42.5 Å². The van der Waals surface area contributed by atoms with Crippen molar-refractivity contribution in [2.75, 3.05) is 6.61 Å². The predicted octanol–water partition coefficient (Wildman–Crippen LogP) is 5.64. The van der Waals surface area contributed by atoms with Gasteiger partial charge in [-0.2, -0.15) is 0 Å². The van der Waals surface area contributed by atoms with Crippen LogP contribution in [0.4, 0.5) is 4.39 Å². The van der Waals surface area contributed by atoms with Gasteiger partial charge in [-0.3, -0.25) is 4.79 Å². The van der Waals surface area contributed by atoms with Crippen molar-refractivity contribution < 1.29 is 24.1 Å². The summed E-state index contributed by atoms with van der Waals surface area (Å²) in [4.78, 5) is 11.9. The lowest BCUT2D eigenvalue weighted by Gasteiger charge is -2.49. The SMILES string of the molecule is CC1(C)CO[C@]2(CC[C@](C)(C(=O)O)CC2)c2c1n(-c1ccc(F)cc1)c1cccc(O)c12. The topological polar surface area (TPSA) is 71.7 Å². The maximum absolute atomic E-state index is 13.7. The number of hydrogen-bond donors (Lipinski definition) is 2. The van der Waals surface area contributed by atoms with Crippen molar-refractivity contribution in [1.82, 2.24) is 4.57 Å². The van der Waals surface area contributed by atoms with E-state index < -0.39 is 17.0 Å². The number of phenolic OH excluding ortho intramolecular Hbond substituents is 1. The number of nitrogens with zero attached hydrogens (tertiary/aromatic N) is 1. The molecule has 0 amide bonds. The minimum atomic E-state index is -0.779. The number of carboxylic acid groups (broad SMARTS) is 1. The quantitative estimate of drug-likeness (QED) is 0.544. The summed E-state index contributed by atoms with van der Waals surface area (Å²) >= 11 is 0. The third kappa shape index (κ3) is 2.89. The van der Waals surface area contributed by atoms with Crippen molar-refractivity contribution in [2.45, 2.75) is 57.5 Å². The minimum Gasteiger partial charge on any atom is -0.507 e. The van der Waals surface area contributed by atoms with Crippen molar-refractivity contribution in [3.05, 3.63) is 59.5 Å². The van der Waals surface area contributed by atoms with Gasteiger partial charge in [-0.25, -0.2) is 4.39 Å². The van der Waals surface area contributed by atoms with Crippen LogP contribution in [0.25, 0.3) is 16.6 Å². The molecule has 1 aliphatic heterocycles. The Morgan fingerprint density at radius 2 is 1.69 bits per heavy atom. The van der Waals surface area contributed by atoms with E-state index in [9.17, 15) is 19.4 Å². The van der Waals surface area contributed by atoms with Crippen LogP contribution in [0.3, 0.4) is 0 Å². The second kappa shape index (κ2) is 6.82. The number of rotatable bonds is 2. The van der Waals surface area contributed by atoms with Gasteiger partial charge in [-0.1, -0.05) is 19.9 Å². The molecule has 2 heterocycles. The van der Waals surface area contributed by atoms with E-state index in [0.717, 1.165) is 27.8 Å². The Morgan fingerprint density at radius 3 is 2.31 bits per heavy atom. The highest BCUT2D eigenvalue weighted by molar-refractivity contribution is 5.94. The number of aliphatic carboxylic acids is 1. The number of fused-ring (bicyclic) bond motifs is 4. The largest absolute Gasteiger partial charge is 0.507 e. The molecule has 2 aromatic carbocycles. The first-order chi connectivity index (χ1) is 15.1. The van der Waals surface area contributed by atoms with Crippen molar-refractivity contribution in [2.24, 2.45) is 5.41 Å². The standard InChI is InChI=1S/C26H28FNO4/c1-24(2)15-32-26(13-11-25(3,12-14-26)23(30)31)21-20-18(5-4-6-19(20)29)28(22(21)24)17-9-7-16(27)8-10-17/h4-10,29H,11-15H2,1-3H3,(H,30,31)/t25-,26-. The molecule has 6 heteroatoms. The maximum atomic E-state index is 13.7. The van der Waals surface area contributed by atoms with Crippen LogP contribution >= 0.6 is 0 Å². The van der Waals surface area contributed by atoms with Crippen molar-refractivity contribution in [3.8, 4) is 11.4 Å². The summed E-state index contributed by atoms with van der Waals surface area (Å²) in [7, 11) is 0.